The van der Waals surface area contributed by atoms with Gasteiger partial charge in [0, 0.05) is 11.5 Å². The summed E-state index contributed by atoms with van der Waals surface area (Å²) in [6.07, 6.45) is 2.20. The van der Waals surface area contributed by atoms with Gasteiger partial charge in [0.2, 0.25) is 15.9 Å². The van der Waals surface area contributed by atoms with Gasteiger partial charge in [0.15, 0.2) is 0 Å². The second-order valence-corrected chi connectivity index (χ2v) is 7.30. The maximum atomic E-state index is 12.2. The summed E-state index contributed by atoms with van der Waals surface area (Å²) in [5.74, 6) is 1.03. The van der Waals surface area contributed by atoms with Crippen molar-refractivity contribution in [1.29, 1.82) is 0 Å². The summed E-state index contributed by atoms with van der Waals surface area (Å²) in [6.45, 7) is 2.23. The molecule has 2 aliphatic rings. The fourth-order valence-electron chi connectivity index (χ4n) is 2.60. The monoisotopic (exact) mass is 310 g/mol. The molecule has 0 spiro atoms. The zero-order valence-corrected chi connectivity index (χ0v) is 12.5. The molecule has 1 fully saturated rings. The number of rotatable bonds is 4. The molecule has 7 heteroatoms. The lowest BCUT2D eigenvalue weighted by Crippen LogP contribution is -2.34. The molecule has 1 amide bonds. The Morgan fingerprint density at radius 2 is 2.14 bits per heavy atom. The first-order chi connectivity index (χ1) is 9.86. The third-order valence-electron chi connectivity index (χ3n) is 4.15. The number of ether oxygens (including phenoxy) is 1. The molecule has 0 bridgehead atoms. The number of nitrogens with two attached hydrogens (primary N) is 1. The van der Waals surface area contributed by atoms with Crippen LogP contribution in [0.15, 0.2) is 23.1 Å². The molecule has 1 saturated carbocycles. The first-order valence-electron chi connectivity index (χ1n) is 6.96. The van der Waals surface area contributed by atoms with Gasteiger partial charge in [-0.25, -0.2) is 13.6 Å². The van der Waals surface area contributed by atoms with Crippen LogP contribution in [0.4, 0.5) is 0 Å². The van der Waals surface area contributed by atoms with Crippen LogP contribution in [0.3, 0.4) is 0 Å². The number of nitrogens with one attached hydrogen (secondary N) is 1. The quantitative estimate of drug-likeness (QED) is 0.864. The average molecular weight is 310 g/mol. The Bertz CT molecular complexity index is 682. The van der Waals surface area contributed by atoms with Crippen molar-refractivity contribution in [2.45, 2.75) is 30.7 Å². The summed E-state index contributed by atoms with van der Waals surface area (Å²) >= 11 is 0. The topological polar surface area (TPSA) is 98.5 Å². The van der Waals surface area contributed by atoms with Crippen LogP contribution < -0.4 is 15.2 Å². The first-order valence-corrected chi connectivity index (χ1v) is 8.51. The molecule has 3 N–H and O–H groups in total. The molecule has 1 heterocycles. The van der Waals surface area contributed by atoms with Crippen molar-refractivity contribution in [2.24, 2.45) is 17.0 Å². The van der Waals surface area contributed by atoms with Crippen molar-refractivity contribution >= 4 is 15.9 Å². The second kappa shape index (κ2) is 4.99. The lowest BCUT2D eigenvalue weighted by Gasteiger charge is -2.16. The van der Waals surface area contributed by atoms with E-state index in [9.17, 15) is 13.2 Å². The normalized spacial score (nSPS) is 22.3. The van der Waals surface area contributed by atoms with E-state index in [0.717, 1.165) is 12.8 Å². The van der Waals surface area contributed by atoms with E-state index in [1.807, 2.05) is 6.92 Å². The van der Waals surface area contributed by atoms with Gasteiger partial charge in [-0.1, -0.05) is 6.92 Å². The highest BCUT2D eigenvalue weighted by atomic mass is 32.2. The Morgan fingerprint density at radius 3 is 2.76 bits per heavy atom. The van der Waals surface area contributed by atoms with E-state index in [0.29, 0.717) is 23.8 Å². The SMILES string of the molecule is CC(C(=O)NC1COc2ccc(S(N)(=O)=O)cc21)C1CC1. The molecular formula is C14H18N2O4S. The molecule has 114 valence electrons. The number of amides is 1. The average Bonchev–Trinajstić information content (AvgIpc) is 3.20. The van der Waals surface area contributed by atoms with Gasteiger partial charge in [-0.05, 0) is 37.0 Å². The standard InChI is InChI=1S/C14H18N2O4S/c1-8(9-2-3-9)14(17)16-12-7-20-13-5-4-10(6-11(12)13)21(15,18)19/h4-6,8-9,12H,2-3,7H2,1H3,(H,16,17)(H2,15,18,19). The Hall–Kier alpha value is -1.60. The van der Waals surface area contributed by atoms with E-state index in [2.05, 4.69) is 5.32 Å². The summed E-state index contributed by atoms with van der Waals surface area (Å²) < 4.78 is 28.3. The van der Waals surface area contributed by atoms with Crippen LogP contribution >= 0.6 is 0 Å². The Balaban J connectivity index is 1.80. The molecule has 3 rings (SSSR count). The number of carbonyl (C=O) groups is 1. The van der Waals surface area contributed by atoms with E-state index in [1.165, 1.54) is 12.1 Å². The molecule has 0 saturated heterocycles. The van der Waals surface area contributed by atoms with Crippen LogP contribution in [0.25, 0.3) is 0 Å². The van der Waals surface area contributed by atoms with Crippen LogP contribution in [0.2, 0.25) is 0 Å². The number of hydrogen-bond acceptors (Lipinski definition) is 4. The molecule has 1 aliphatic carbocycles. The highest BCUT2D eigenvalue weighted by Gasteiger charge is 2.35. The summed E-state index contributed by atoms with van der Waals surface area (Å²) in [5.41, 5.74) is 0.665. The Kier molecular flexibility index (Phi) is 3.41. The van der Waals surface area contributed by atoms with E-state index in [4.69, 9.17) is 9.88 Å². The summed E-state index contributed by atoms with van der Waals surface area (Å²) in [5, 5.41) is 8.07. The van der Waals surface area contributed by atoms with Crippen molar-refractivity contribution in [1.82, 2.24) is 5.32 Å². The van der Waals surface area contributed by atoms with E-state index in [1.54, 1.807) is 6.07 Å². The number of fused-ring (bicyclic) bond motifs is 1. The number of sulfonamides is 1. The third kappa shape index (κ3) is 2.89. The van der Waals surface area contributed by atoms with Crippen molar-refractivity contribution in [3.05, 3.63) is 23.8 Å². The molecule has 1 aromatic rings. The second-order valence-electron chi connectivity index (χ2n) is 5.74. The zero-order valence-electron chi connectivity index (χ0n) is 11.7. The van der Waals surface area contributed by atoms with Crippen LogP contribution in [-0.2, 0) is 14.8 Å². The molecule has 6 nitrogen and oxygen atoms in total. The van der Waals surface area contributed by atoms with Gasteiger partial charge in [-0.2, -0.15) is 0 Å². The van der Waals surface area contributed by atoms with Crippen LogP contribution in [0, 0.1) is 11.8 Å². The Morgan fingerprint density at radius 1 is 1.43 bits per heavy atom. The minimum absolute atomic E-state index is 0.0139. The summed E-state index contributed by atoms with van der Waals surface area (Å²) in [6, 6.07) is 4.14. The molecule has 2 unspecified atom stereocenters. The fraction of sp³-hybridized carbons (Fsp3) is 0.500. The maximum Gasteiger partial charge on any atom is 0.238 e. The summed E-state index contributed by atoms with van der Waals surface area (Å²) in [7, 11) is -3.76. The molecule has 0 aromatic heterocycles. The highest BCUT2D eigenvalue weighted by Crippen LogP contribution is 2.38. The molecule has 1 aliphatic heterocycles. The molecule has 21 heavy (non-hydrogen) atoms. The smallest absolute Gasteiger partial charge is 0.238 e. The number of hydrogen-bond donors (Lipinski definition) is 2. The molecule has 0 radical (unpaired) electrons. The number of benzene rings is 1. The van der Waals surface area contributed by atoms with Gasteiger partial charge >= 0.3 is 0 Å². The van der Waals surface area contributed by atoms with Gasteiger partial charge in [0.25, 0.3) is 0 Å². The first kappa shape index (κ1) is 14.3. The van der Waals surface area contributed by atoms with Gasteiger partial charge in [-0.3, -0.25) is 4.79 Å². The predicted octanol–water partition coefficient (Wildman–Crippen LogP) is 0.930. The Labute approximate surface area is 123 Å². The summed E-state index contributed by atoms with van der Waals surface area (Å²) in [4.78, 5) is 12.2. The minimum Gasteiger partial charge on any atom is -0.491 e. The van der Waals surface area contributed by atoms with Crippen molar-refractivity contribution < 1.29 is 17.9 Å². The van der Waals surface area contributed by atoms with Crippen molar-refractivity contribution in [3.63, 3.8) is 0 Å². The van der Waals surface area contributed by atoms with Gasteiger partial charge in [0.1, 0.15) is 12.4 Å². The van der Waals surface area contributed by atoms with E-state index >= 15 is 0 Å². The van der Waals surface area contributed by atoms with Gasteiger partial charge < -0.3 is 10.1 Å². The highest BCUT2D eigenvalue weighted by molar-refractivity contribution is 7.89. The molecule has 2 atom stereocenters. The van der Waals surface area contributed by atoms with Gasteiger partial charge in [0.05, 0.1) is 10.9 Å². The van der Waals surface area contributed by atoms with E-state index in [-0.39, 0.29) is 22.8 Å². The molecular weight excluding hydrogens is 292 g/mol. The number of carbonyl (C=O) groups excluding carboxylic acids is 1. The molecule has 1 aromatic carbocycles. The maximum absolute atomic E-state index is 12.2. The van der Waals surface area contributed by atoms with E-state index < -0.39 is 10.0 Å². The largest absolute Gasteiger partial charge is 0.491 e. The minimum atomic E-state index is -3.76. The predicted molar refractivity (Wildman–Crippen MR) is 76.1 cm³/mol. The van der Waals surface area contributed by atoms with Crippen LogP contribution in [0.1, 0.15) is 31.4 Å². The fourth-order valence-corrected chi connectivity index (χ4v) is 3.15. The third-order valence-corrected chi connectivity index (χ3v) is 5.06. The van der Waals surface area contributed by atoms with Crippen molar-refractivity contribution in [2.75, 3.05) is 6.61 Å². The lowest BCUT2D eigenvalue weighted by atomic mass is 10.0. The van der Waals surface area contributed by atoms with Crippen LogP contribution in [-0.4, -0.2) is 20.9 Å². The van der Waals surface area contributed by atoms with Crippen LogP contribution in [0.5, 0.6) is 5.75 Å². The van der Waals surface area contributed by atoms with Crippen molar-refractivity contribution in [3.8, 4) is 5.75 Å². The van der Waals surface area contributed by atoms with Gasteiger partial charge in [-0.15, -0.1) is 0 Å². The zero-order chi connectivity index (χ0) is 15.2. The lowest BCUT2D eigenvalue weighted by molar-refractivity contribution is -0.125. The number of primary sulfonamides is 1.